The molecule has 33 heavy (non-hydrogen) atoms. The largest absolute Gasteiger partial charge is 0.394 e. The fraction of sp³-hybridized carbons (Fsp3) is 0.720. The van der Waals surface area contributed by atoms with E-state index in [0.29, 0.717) is 25.9 Å². The van der Waals surface area contributed by atoms with Gasteiger partial charge in [-0.2, -0.15) is 0 Å². The van der Waals surface area contributed by atoms with Crippen LogP contribution in [0.15, 0.2) is 25.3 Å². The Morgan fingerprint density at radius 2 is 1.94 bits per heavy atom. The third kappa shape index (κ3) is 4.01. The molecule has 3 saturated heterocycles. The number of carbonyl (C=O) groups is 3. The second-order valence-electron chi connectivity index (χ2n) is 9.76. The number of fused-ring (bicyclic) bond motifs is 1. The van der Waals surface area contributed by atoms with E-state index in [1.807, 2.05) is 6.92 Å². The van der Waals surface area contributed by atoms with Crippen LogP contribution in [0.3, 0.4) is 0 Å². The maximum atomic E-state index is 14.1. The molecule has 3 amide bonds. The molecule has 8 nitrogen and oxygen atoms in total. The molecule has 3 aliphatic rings. The van der Waals surface area contributed by atoms with Gasteiger partial charge in [0.1, 0.15) is 11.6 Å². The summed E-state index contributed by atoms with van der Waals surface area (Å²) in [5, 5.41) is 9.95. The minimum atomic E-state index is -1.05. The topological polar surface area (TPSA) is 90.4 Å². The first kappa shape index (κ1) is 25.4. The molecule has 2 bridgehead atoms. The minimum absolute atomic E-state index is 0.0351. The van der Waals surface area contributed by atoms with Crippen LogP contribution in [-0.2, 0) is 19.1 Å². The monoisotopic (exact) mass is 461 g/mol. The standard InChI is InChI=1S/C25H39N3O5/c1-7-10-16(4)27(14-9-3)24(32)21-25-12-11-18(33-25)19(22(30)26(6)13-8-2)20(25)23(31)28(21)17(5)15-29/h8-9,16-21,29H,2-3,7,10-15H2,1,4-6H3/t16?,17-,18-,19+,20+,21?,25?/m1/s1. The summed E-state index contributed by atoms with van der Waals surface area (Å²) in [5.74, 6) is -1.99. The number of aliphatic hydroxyl groups is 1. The van der Waals surface area contributed by atoms with Gasteiger partial charge in [-0.3, -0.25) is 14.4 Å². The predicted molar refractivity (Wildman–Crippen MR) is 125 cm³/mol. The normalized spacial score (nSPS) is 31.8. The summed E-state index contributed by atoms with van der Waals surface area (Å²) >= 11 is 0. The highest BCUT2D eigenvalue weighted by Gasteiger charge is 2.75. The van der Waals surface area contributed by atoms with Crippen molar-refractivity contribution in [2.75, 3.05) is 26.7 Å². The number of hydrogen-bond acceptors (Lipinski definition) is 5. The number of likely N-dealkylation sites (N-methyl/N-ethyl adjacent to an activating group) is 1. The van der Waals surface area contributed by atoms with Gasteiger partial charge in [0, 0.05) is 26.2 Å². The summed E-state index contributed by atoms with van der Waals surface area (Å²) < 4.78 is 6.45. The smallest absolute Gasteiger partial charge is 0.248 e. The lowest BCUT2D eigenvalue weighted by molar-refractivity contribution is -0.152. The van der Waals surface area contributed by atoms with Crippen molar-refractivity contribution in [3.63, 3.8) is 0 Å². The molecule has 7 atom stereocenters. The average molecular weight is 462 g/mol. The quantitative estimate of drug-likeness (QED) is 0.472. The van der Waals surface area contributed by atoms with Crippen LogP contribution in [0.4, 0.5) is 0 Å². The summed E-state index contributed by atoms with van der Waals surface area (Å²) in [7, 11) is 1.69. The molecule has 184 valence electrons. The van der Waals surface area contributed by atoms with Crippen LogP contribution in [0.2, 0.25) is 0 Å². The molecule has 0 aliphatic carbocycles. The third-order valence-electron chi connectivity index (χ3n) is 7.62. The molecule has 0 aromatic heterocycles. The van der Waals surface area contributed by atoms with Crippen molar-refractivity contribution in [1.29, 1.82) is 0 Å². The number of rotatable bonds is 11. The van der Waals surface area contributed by atoms with Crippen molar-refractivity contribution in [2.45, 2.75) is 76.3 Å². The molecule has 0 saturated carbocycles. The zero-order valence-corrected chi connectivity index (χ0v) is 20.4. The highest BCUT2D eigenvalue weighted by Crippen LogP contribution is 2.59. The van der Waals surface area contributed by atoms with Gasteiger partial charge in [0.25, 0.3) is 0 Å². The molecular weight excluding hydrogens is 422 g/mol. The van der Waals surface area contributed by atoms with E-state index >= 15 is 0 Å². The van der Waals surface area contributed by atoms with Crippen molar-refractivity contribution in [1.82, 2.24) is 14.7 Å². The Morgan fingerprint density at radius 1 is 1.27 bits per heavy atom. The van der Waals surface area contributed by atoms with E-state index < -0.39 is 29.5 Å². The fourth-order valence-electron chi connectivity index (χ4n) is 6.11. The highest BCUT2D eigenvalue weighted by atomic mass is 16.5. The summed E-state index contributed by atoms with van der Waals surface area (Å²) in [6, 6.07) is -1.47. The number of hydrogen-bond donors (Lipinski definition) is 1. The van der Waals surface area contributed by atoms with Gasteiger partial charge >= 0.3 is 0 Å². The number of ether oxygens (including phenoxy) is 1. The maximum absolute atomic E-state index is 14.1. The van der Waals surface area contributed by atoms with Gasteiger partial charge in [-0.15, -0.1) is 13.2 Å². The molecule has 3 unspecified atom stereocenters. The second kappa shape index (κ2) is 9.97. The van der Waals surface area contributed by atoms with Crippen molar-refractivity contribution in [2.24, 2.45) is 11.8 Å². The van der Waals surface area contributed by atoms with Gasteiger partial charge in [-0.05, 0) is 33.1 Å². The summed E-state index contributed by atoms with van der Waals surface area (Å²) in [5.41, 5.74) is -1.05. The molecule has 1 spiro atoms. The zero-order valence-electron chi connectivity index (χ0n) is 20.4. The molecule has 0 aromatic carbocycles. The summed E-state index contributed by atoms with van der Waals surface area (Å²) in [6.07, 6.45) is 5.86. The van der Waals surface area contributed by atoms with Gasteiger partial charge in [-0.25, -0.2) is 0 Å². The van der Waals surface area contributed by atoms with Crippen molar-refractivity contribution < 1.29 is 24.2 Å². The number of likely N-dealkylation sites (tertiary alicyclic amines) is 1. The Labute approximate surface area is 197 Å². The van der Waals surface area contributed by atoms with E-state index in [4.69, 9.17) is 4.74 Å². The molecule has 0 radical (unpaired) electrons. The number of nitrogens with zero attached hydrogens (tertiary/aromatic N) is 3. The van der Waals surface area contributed by atoms with Gasteiger partial charge in [-0.1, -0.05) is 25.5 Å². The molecule has 3 heterocycles. The third-order valence-corrected chi connectivity index (χ3v) is 7.62. The Morgan fingerprint density at radius 3 is 2.52 bits per heavy atom. The highest BCUT2D eigenvalue weighted by molar-refractivity contribution is 5.99. The number of amides is 3. The lowest BCUT2D eigenvalue weighted by Crippen LogP contribution is -2.59. The lowest BCUT2D eigenvalue weighted by Gasteiger charge is -2.40. The van der Waals surface area contributed by atoms with E-state index in [-0.39, 0.29) is 36.5 Å². The van der Waals surface area contributed by atoms with Crippen LogP contribution < -0.4 is 0 Å². The number of aliphatic hydroxyl groups excluding tert-OH is 1. The molecule has 0 aromatic rings. The van der Waals surface area contributed by atoms with Crippen molar-refractivity contribution in [3.8, 4) is 0 Å². The van der Waals surface area contributed by atoms with Gasteiger partial charge in [0.15, 0.2) is 0 Å². The predicted octanol–water partition coefficient (Wildman–Crippen LogP) is 1.59. The Balaban J connectivity index is 2.05. The second-order valence-corrected chi connectivity index (χ2v) is 9.76. The lowest BCUT2D eigenvalue weighted by atomic mass is 9.70. The Bertz CT molecular complexity index is 801. The van der Waals surface area contributed by atoms with Gasteiger partial charge in [0.05, 0.1) is 30.6 Å². The van der Waals surface area contributed by atoms with E-state index in [0.717, 1.165) is 12.8 Å². The fourth-order valence-corrected chi connectivity index (χ4v) is 6.11. The molecule has 3 rings (SSSR count). The molecular formula is C25H39N3O5. The van der Waals surface area contributed by atoms with E-state index in [1.54, 1.807) is 35.9 Å². The van der Waals surface area contributed by atoms with Gasteiger partial charge in [0.2, 0.25) is 17.7 Å². The SMILES string of the molecule is C=CCN(C)C(=O)[C@@H]1[C@H]2C(=O)N([C@H](C)CO)C(C(=O)N(CC=C)C(C)CCC)C23CC[C@H]1O3. The van der Waals surface area contributed by atoms with Crippen LogP contribution in [-0.4, -0.2) is 94.1 Å². The first-order chi connectivity index (χ1) is 15.7. The number of carbonyl (C=O) groups excluding carboxylic acids is 3. The first-order valence-corrected chi connectivity index (χ1v) is 12.1. The van der Waals surface area contributed by atoms with Crippen LogP contribution in [0.25, 0.3) is 0 Å². The van der Waals surface area contributed by atoms with Crippen molar-refractivity contribution in [3.05, 3.63) is 25.3 Å². The van der Waals surface area contributed by atoms with Crippen molar-refractivity contribution >= 4 is 17.7 Å². The van der Waals surface area contributed by atoms with Crippen LogP contribution >= 0.6 is 0 Å². The maximum Gasteiger partial charge on any atom is 0.248 e. The molecule has 1 N–H and O–H groups in total. The average Bonchev–Trinajstić information content (AvgIpc) is 3.43. The van der Waals surface area contributed by atoms with E-state index in [9.17, 15) is 19.5 Å². The van der Waals surface area contributed by atoms with Gasteiger partial charge < -0.3 is 24.5 Å². The summed E-state index contributed by atoms with van der Waals surface area (Å²) in [6.45, 7) is 13.8. The van der Waals surface area contributed by atoms with Crippen LogP contribution in [0.1, 0.15) is 46.5 Å². The van der Waals surface area contributed by atoms with E-state index in [1.165, 1.54) is 4.90 Å². The summed E-state index contributed by atoms with van der Waals surface area (Å²) in [4.78, 5) is 46.0. The molecule has 3 aliphatic heterocycles. The Kier molecular flexibility index (Phi) is 7.69. The minimum Gasteiger partial charge on any atom is -0.394 e. The van der Waals surface area contributed by atoms with Crippen LogP contribution in [0, 0.1) is 11.8 Å². The Hall–Kier alpha value is -2.19. The first-order valence-electron chi connectivity index (χ1n) is 12.1. The molecule has 8 heteroatoms. The van der Waals surface area contributed by atoms with E-state index in [2.05, 4.69) is 20.1 Å². The molecule has 3 fully saturated rings. The zero-order chi connectivity index (χ0) is 24.5. The van der Waals surface area contributed by atoms with Crippen LogP contribution in [0.5, 0.6) is 0 Å².